The van der Waals surface area contributed by atoms with Crippen LogP contribution in [0.5, 0.6) is 5.75 Å². The number of carbonyl (C=O) groups is 1. The molecule has 0 amide bonds. The fourth-order valence-electron chi connectivity index (χ4n) is 1.95. The van der Waals surface area contributed by atoms with Gasteiger partial charge in [-0.05, 0) is 36.5 Å². The molecule has 1 aliphatic carbocycles. The van der Waals surface area contributed by atoms with Crippen molar-refractivity contribution in [2.24, 2.45) is 5.92 Å². The molecule has 0 atom stereocenters. The van der Waals surface area contributed by atoms with Crippen LogP contribution in [0.2, 0.25) is 5.02 Å². The van der Waals surface area contributed by atoms with E-state index in [-0.39, 0.29) is 12.3 Å². The largest absolute Gasteiger partial charge is 0.506 e. The highest BCUT2D eigenvalue weighted by Crippen LogP contribution is 2.30. The quantitative estimate of drug-likeness (QED) is 0.832. The summed E-state index contributed by atoms with van der Waals surface area (Å²) in [5.41, 5.74) is 0.916. The molecule has 0 heterocycles. The Bertz CT molecular complexity index is 446. The third-order valence-corrected chi connectivity index (χ3v) is 3.29. The minimum Gasteiger partial charge on any atom is -0.506 e. The summed E-state index contributed by atoms with van der Waals surface area (Å²) >= 11 is 5.84. The van der Waals surface area contributed by atoms with Crippen molar-refractivity contribution >= 4 is 17.6 Å². The number of carboxylic acids is 1. The van der Waals surface area contributed by atoms with Crippen molar-refractivity contribution in [2.75, 3.05) is 13.1 Å². The van der Waals surface area contributed by atoms with Gasteiger partial charge in [0.05, 0.1) is 11.6 Å². The first kappa shape index (κ1) is 13.2. The molecule has 0 bridgehead atoms. The molecular weight excluding hydrogens is 254 g/mol. The van der Waals surface area contributed by atoms with Crippen LogP contribution in [-0.4, -0.2) is 34.2 Å². The van der Waals surface area contributed by atoms with Crippen LogP contribution in [-0.2, 0) is 11.3 Å². The molecule has 5 heteroatoms. The summed E-state index contributed by atoms with van der Waals surface area (Å²) in [7, 11) is 0. The average Bonchev–Trinajstić information content (AvgIpc) is 3.06. The Morgan fingerprint density at radius 3 is 2.72 bits per heavy atom. The Labute approximate surface area is 111 Å². The molecule has 4 nitrogen and oxygen atoms in total. The predicted octanol–water partition coefficient (Wildman–Crippen LogP) is 2.34. The van der Waals surface area contributed by atoms with E-state index in [1.165, 1.54) is 18.9 Å². The zero-order chi connectivity index (χ0) is 13.1. The van der Waals surface area contributed by atoms with Gasteiger partial charge in [0.1, 0.15) is 5.75 Å². The number of aromatic hydroxyl groups is 1. The van der Waals surface area contributed by atoms with Gasteiger partial charge in [-0.3, -0.25) is 9.69 Å². The molecule has 0 aromatic heterocycles. The molecule has 1 fully saturated rings. The van der Waals surface area contributed by atoms with Gasteiger partial charge in [0, 0.05) is 13.1 Å². The second-order valence-corrected chi connectivity index (χ2v) is 5.20. The van der Waals surface area contributed by atoms with Gasteiger partial charge in [-0.25, -0.2) is 0 Å². The normalized spacial score (nSPS) is 15.0. The maximum atomic E-state index is 10.8. The van der Waals surface area contributed by atoms with Crippen LogP contribution < -0.4 is 0 Å². The Hall–Kier alpha value is -1.26. The van der Waals surface area contributed by atoms with E-state index in [2.05, 4.69) is 0 Å². The monoisotopic (exact) mass is 269 g/mol. The third-order valence-electron chi connectivity index (χ3n) is 2.99. The van der Waals surface area contributed by atoms with Gasteiger partial charge in [-0.1, -0.05) is 17.7 Å². The predicted molar refractivity (Wildman–Crippen MR) is 68.8 cm³/mol. The van der Waals surface area contributed by atoms with E-state index >= 15 is 0 Å². The van der Waals surface area contributed by atoms with Gasteiger partial charge in [-0.2, -0.15) is 0 Å². The van der Waals surface area contributed by atoms with Crippen molar-refractivity contribution in [3.63, 3.8) is 0 Å². The highest BCUT2D eigenvalue weighted by atomic mass is 35.5. The van der Waals surface area contributed by atoms with Crippen molar-refractivity contribution in [3.8, 4) is 5.75 Å². The van der Waals surface area contributed by atoms with Crippen LogP contribution in [0.15, 0.2) is 18.2 Å². The molecule has 1 aliphatic rings. The van der Waals surface area contributed by atoms with Crippen molar-refractivity contribution in [2.45, 2.75) is 19.4 Å². The molecular formula is C13H16ClNO3. The molecule has 1 aromatic carbocycles. The number of hydrogen-bond donors (Lipinski definition) is 2. The number of aliphatic carboxylic acids is 1. The molecule has 2 N–H and O–H groups in total. The Kier molecular flexibility index (Phi) is 4.09. The van der Waals surface area contributed by atoms with Crippen LogP contribution in [0.3, 0.4) is 0 Å². The number of phenols is 1. The van der Waals surface area contributed by atoms with Gasteiger partial charge in [0.25, 0.3) is 0 Å². The van der Waals surface area contributed by atoms with Gasteiger partial charge in [-0.15, -0.1) is 0 Å². The summed E-state index contributed by atoms with van der Waals surface area (Å²) in [5.74, 6) is -0.134. The minimum absolute atomic E-state index is 0.0367. The first-order valence-corrected chi connectivity index (χ1v) is 6.34. The van der Waals surface area contributed by atoms with Crippen molar-refractivity contribution in [3.05, 3.63) is 28.8 Å². The number of benzene rings is 1. The van der Waals surface area contributed by atoms with E-state index in [1.807, 2.05) is 4.90 Å². The molecule has 1 saturated carbocycles. The molecule has 2 rings (SSSR count). The summed E-state index contributed by atoms with van der Waals surface area (Å²) in [6, 6.07) is 4.98. The number of rotatable bonds is 6. The van der Waals surface area contributed by atoms with Gasteiger partial charge in [0.2, 0.25) is 0 Å². The number of hydrogen-bond acceptors (Lipinski definition) is 3. The molecule has 0 aliphatic heterocycles. The Morgan fingerprint density at radius 1 is 1.44 bits per heavy atom. The van der Waals surface area contributed by atoms with E-state index in [9.17, 15) is 9.90 Å². The molecule has 0 spiro atoms. The minimum atomic E-state index is -0.819. The van der Waals surface area contributed by atoms with E-state index < -0.39 is 5.97 Å². The van der Waals surface area contributed by atoms with E-state index in [0.29, 0.717) is 17.5 Å². The lowest BCUT2D eigenvalue weighted by molar-refractivity contribution is -0.138. The number of nitrogens with zero attached hydrogens (tertiary/aromatic N) is 1. The molecule has 1 aromatic rings. The number of carboxylic acid groups (broad SMARTS) is 1. The Balaban J connectivity index is 2.01. The molecule has 0 radical (unpaired) electrons. The van der Waals surface area contributed by atoms with Crippen molar-refractivity contribution in [1.82, 2.24) is 4.90 Å². The third kappa shape index (κ3) is 3.89. The summed E-state index contributed by atoms with van der Waals surface area (Å²) in [4.78, 5) is 12.7. The van der Waals surface area contributed by atoms with E-state index in [4.69, 9.17) is 16.7 Å². The van der Waals surface area contributed by atoms with Crippen LogP contribution in [0.25, 0.3) is 0 Å². The smallest absolute Gasteiger partial charge is 0.317 e. The highest BCUT2D eigenvalue weighted by molar-refractivity contribution is 6.32. The van der Waals surface area contributed by atoms with Crippen molar-refractivity contribution in [1.29, 1.82) is 0 Å². The lowest BCUT2D eigenvalue weighted by atomic mass is 10.2. The van der Waals surface area contributed by atoms with Crippen LogP contribution >= 0.6 is 11.6 Å². The number of phenolic OH excluding ortho intramolecular Hbond substituents is 1. The van der Waals surface area contributed by atoms with Crippen LogP contribution in [0.1, 0.15) is 18.4 Å². The summed E-state index contributed by atoms with van der Waals surface area (Å²) in [6.07, 6.45) is 2.37. The highest BCUT2D eigenvalue weighted by Gasteiger charge is 2.25. The SMILES string of the molecule is O=C(O)CN(Cc1ccc(O)c(Cl)c1)CC1CC1. The topological polar surface area (TPSA) is 60.8 Å². The first-order valence-electron chi connectivity index (χ1n) is 5.96. The molecule has 18 heavy (non-hydrogen) atoms. The van der Waals surface area contributed by atoms with Gasteiger partial charge >= 0.3 is 5.97 Å². The van der Waals surface area contributed by atoms with Gasteiger partial charge < -0.3 is 10.2 Å². The maximum Gasteiger partial charge on any atom is 0.317 e. The van der Waals surface area contributed by atoms with Crippen molar-refractivity contribution < 1.29 is 15.0 Å². The second kappa shape index (κ2) is 5.59. The Morgan fingerprint density at radius 2 is 2.17 bits per heavy atom. The molecule has 98 valence electrons. The fourth-order valence-corrected chi connectivity index (χ4v) is 2.15. The van der Waals surface area contributed by atoms with Crippen LogP contribution in [0, 0.1) is 5.92 Å². The van der Waals surface area contributed by atoms with Crippen LogP contribution in [0.4, 0.5) is 0 Å². The average molecular weight is 270 g/mol. The first-order chi connectivity index (χ1) is 8.54. The number of halogens is 1. The second-order valence-electron chi connectivity index (χ2n) is 4.79. The summed E-state index contributed by atoms with van der Waals surface area (Å²) < 4.78 is 0. The zero-order valence-corrected chi connectivity index (χ0v) is 10.7. The van der Waals surface area contributed by atoms with E-state index in [0.717, 1.165) is 12.1 Å². The lowest BCUT2D eigenvalue weighted by Gasteiger charge is -2.20. The summed E-state index contributed by atoms with van der Waals surface area (Å²) in [5, 5.41) is 18.5. The van der Waals surface area contributed by atoms with E-state index in [1.54, 1.807) is 12.1 Å². The standard InChI is InChI=1S/C13H16ClNO3/c14-11-5-10(3-4-12(11)16)7-15(8-13(17)18)6-9-1-2-9/h3-5,9,16H,1-2,6-8H2,(H,17,18). The zero-order valence-electron chi connectivity index (χ0n) is 9.97. The fraction of sp³-hybridized carbons (Fsp3) is 0.462. The maximum absolute atomic E-state index is 10.8. The molecule has 0 unspecified atom stereocenters. The van der Waals surface area contributed by atoms with Gasteiger partial charge in [0.15, 0.2) is 0 Å². The molecule has 0 saturated heterocycles. The summed E-state index contributed by atoms with van der Waals surface area (Å²) in [6.45, 7) is 1.39. The lowest BCUT2D eigenvalue weighted by Crippen LogP contribution is -2.31.